The molecule has 0 aromatic heterocycles. The first-order chi connectivity index (χ1) is 15.6. The Morgan fingerprint density at radius 2 is 1.09 bits per heavy atom. The van der Waals surface area contributed by atoms with Crippen molar-refractivity contribution in [2.45, 2.75) is 85.8 Å². The summed E-state index contributed by atoms with van der Waals surface area (Å²) in [5, 5.41) is 103. The Kier molecular flexibility index (Phi) is 9.35. The van der Waals surface area contributed by atoms with Gasteiger partial charge in [0.05, 0.1) is 25.4 Å². The van der Waals surface area contributed by atoms with Gasteiger partial charge in [-0.25, -0.2) is 0 Å². The predicted octanol–water partition coefficient (Wildman–Crippen LogP) is -7.32. The molecule has 3 saturated heterocycles. The summed E-state index contributed by atoms with van der Waals surface area (Å²) in [6, 6.07) is 0. The van der Waals surface area contributed by atoms with Gasteiger partial charge in [-0.1, -0.05) is 0 Å². The Morgan fingerprint density at radius 1 is 0.576 bits per heavy atom. The van der Waals surface area contributed by atoms with E-state index in [2.05, 4.69) is 5.32 Å². The molecule has 0 aliphatic carbocycles. The van der Waals surface area contributed by atoms with E-state index in [-0.39, 0.29) is 13.1 Å². The molecule has 0 bridgehead atoms. The van der Waals surface area contributed by atoms with Crippen LogP contribution in [0.3, 0.4) is 0 Å². The summed E-state index contributed by atoms with van der Waals surface area (Å²) in [6.07, 6.45) is -21.9. The summed E-state index contributed by atoms with van der Waals surface area (Å²) in [5.74, 6) is 0. The topological polar surface area (TPSA) is 251 Å². The molecule has 0 amide bonds. The number of β-amino-alcohol motifs (C(OH)–C–C–N with tert-alkyl or cyclic N) is 2. The van der Waals surface area contributed by atoms with E-state index in [1.807, 2.05) is 0 Å². The zero-order valence-corrected chi connectivity index (χ0v) is 17.5. The lowest BCUT2D eigenvalue weighted by atomic mass is 9.96. The Balaban J connectivity index is 1.71. The summed E-state index contributed by atoms with van der Waals surface area (Å²) >= 11 is 0. The van der Waals surface area contributed by atoms with E-state index in [0.29, 0.717) is 0 Å². The molecule has 3 rings (SSSR count). The number of ether oxygens (including phenoxy) is 4. The summed E-state index contributed by atoms with van der Waals surface area (Å²) in [6.45, 7) is -1.56. The third-order valence-corrected chi connectivity index (χ3v) is 6.07. The van der Waals surface area contributed by atoms with Gasteiger partial charge >= 0.3 is 0 Å². The van der Waals surface area contributed by atoms with Gasteiger partial charge in [-0.05, 0) is 0 Å². The van der Waals surface area contributed by atoms with Crippen LogP contribution in [-0.2, 0) is 18.9 Å². The molecule has 14 unspecified atom stereocenters. The van der Waals surface area contributed by atoms with Crippen LogP contribution in [0.4, 0.5) is 0 Å². The van der Waals surface area contributed by atoms with Crippen LogP contribution >= 0.6 is 0 Å². The van der Waals surface area contributed by atoms with E-state index in [1.54, 1.807) is 0 Å². The van der Waals surface area contributed by atoms with E-state index in [1.165, 1.54) is 0 Å². The fraction of sp³-hybridized carbons (Fsp3) is 1.00. The zero-order chi connectivity index (χ0) is 24.4. The first-order valence-electron chi connectivity index (χ1n) is 10.6. The molecule has 194 valence electrons. The van der Waals surface area contributed by atoms with Gasteiger partial charge in [0.2, 0.25) is 0 Å². The van der Waals surface area contributed by atoms with Crippen molar-refractivity contribution in [3.8, 4) is 0 Å². The van der Waals surface area contributed by atoms with Crippen molar-refractivity contribution < 1.29 is 70.0 Å². The van der Waals surface area contributed by atoms with Gasteiger partial charge in [0, 0.05) is 13.1 Å². The van der Waals surface area contributed by atoms with Crippen LogP contribution in [0.1, 0.15) is 0 Å². The predicted molar refractivity (Wildman–Crippen MR) is 102 cm³/mol. The molecule has 3 fully saturated rings. The van der Waals surface area contributed by atoms with Crippen LogP contribution in [-0.4, -0.2) is 163 Å². The van der Waals surface area contributed by atoms with Gasteiger partial charge in [-0.15, -0.1) is 0 Å². The maximum absolute atomic E-state index is 10.6. The first kappa shape index (κ1) is 27.0. The molecule has 3 aliphatic rings. The summed E-state index contributed by atoms with van der Waals surface area (Å²) in [4.78, 5) is 0. The molecule has 11 N–H and O–H groups in total. The highest BCUT2D eigenvalue weighted by Crippen LogP contribution is 2.30. The van der Waals surface area contributed by atoms with Gasteiger partial charge in [0.15, 0.2) is 12.6 Å². The van der Waals surface area contributed by atoms with Gasteiger partial charge in [0.25, 0.3) is 0 Å². The molecule has 3 aliphatic heterocycles. The Hall–Kier alpha value is -0.600. The minimum atomic E-state index is -1.84. The summed E-state index contributed by atoms with van der Waals surface area (Å²) in [7, 11) is 0. The van der Waals surface area contributed by atoms with Crippen LogP contribution < -0.4 is 5.32 Å². The maximum atomic E-state index is 10.6. The standard InChI is InChI=1S/C18H33NO14/c20-3-7-10(25)11(26)13(28)17(30-7)33-16-8(4-21)31-18(14(29)12(16)27)32-15-6(23)2-19-1-5(22)9(15)24/h5-29H,1-4H2. The van der Waals surface area contributed by atoms with E-state index in [0.717, 1.165) is 0 Å². The van der Waals surface area contributed by atoms with Gasteiger partial charge in [0.1, 0.15) is 61.0 Å². The van der Waals surface area contributed by atoms with E-state index in [4.69, 9.17) is 18.9 Å². The average molecular weight is 487 g/mol. The highest BCUT2D eigenvalue weighted by atomic mass is 16.7. The molecule has 0 spiro atoms. The van der Waals surface area contributed by atoms with Gasteiger partial charge in [-0.2, -0.15) is 0 Å². The lowest BCUT2D eigenvalue weighted by Crippen LogP contribution is -2.65. The van der Waals surface area contributed by atoms with Gasteiger partial charge in [-0.3, -0.25) is 0 Å². The second-order valence-electron chi connectivity index (χ2n) is 8.39. The van der Waals surface area contributed by atoms with Crippen LogP contribution in [0.2, 0.25) is 0 Å². The van der Waals surface area contributed by atoms with E-state index >= 15 is 0 Å². The van der Waals surface area contributed by atoms with Crippen LogP contribution in [0.25, 0.3) is 0 Å². The minimum Gasteiger partial charge on any atom is -0.394 e. The molecule has 33 heavy (non-hydrogen) atoms. The van der Waals surface area contributed by atoms with Crippen molar-refractivity contribution in [3.05, 3.63) is 0 Å². The van der Waals surface area contributed by atoms with Crippen molar-refractivity contribution in [2.75, 3.05) is 26.3 Å². The molecule has 3 heterocycles. The van der Waals surface area contributed by atoms with E-state index < -0.39 is 99.0 Å². The lowest BCUT2D eigenvalue weighted by molar-refractivity contribution is -0.367. The number of aliphatic hydroxyl groups excluding tert-OH is 10. The lowest BCUT2D eigenvalue weighted by Gasteiger charge is -2.46. The number of aliphatic hydroxyl groups is 10. The Bertz CT molecular complexity index is 613. The first-order valence-corrected chi connectivity index (χ1v) is 10.6. The maximum Gasteiger partial charge on any atom is 0.187 e. The normalized spacial score (nSPS) is 51.8. The fourth-order valence-corrected chi connectivity index (χ4v) is 4.06. The Morgan fingerprint density at radius 3 is 1.70 bits per heavy atom. The highest BCUT2D eigenvalue weighted by Gasteiger charge is 2.52. The summed E-state index contributed by atoms with van der Waals surface area (Å²) < 4.78 is 21.6. The summed E-state index contributed by atoms with van der Waals surface area (Å²) in [5.41, 5.74) is 0. The smallest absolute Gasteiger partial charge is 0.187 e. The largest absolute Gasteiger partial charge is 0.394 e. The molecule has 15 nitrogen and oxygen atoms in total. The van der Waals surface area contributed by atoms with Crippen LogP contribution in [0, 0.1) is 0 Å². The number of rotatable bonds is 6. The van der Waals surface area contributed by atoms with Gasteiger partial charge < -0.3 is 75.3 Å². The van der Waals surface area contributed by atoms with Crippen molar-refractivity contribution in [1.82, 2.24) is 5.32 Å². The monoisotopic (exact) mass is 487 g/mol. The number of nitrogens with one attached hydrogen (secondary N) is 1. The molecule has 0 radical (unpaired) electrons. The van der Waals surface area contributed by atoms with Crippen molar-refractivity contribution in [3.63, 3.8) is 0 Å². The second-order valence-corrected chi connectivity index (χ2v) is 8.39. The van der Waals surface area contributed by atoms with Crippen molar-refractivity contribution >= 4 is 0 Å². The molecule has 15 heteroatoms. The fourth-order valence-electron chi connectivity index (χ4n) is 4.06. The molecule has 0 aromatic carbocycles. The number of hydrogen-bond donors (Lipinski definition) is 11. The van der Waals surface area contributed by atoms with Crippen LogP contribution in [0.5, 0.6) is 0 Å². The average Bonchev–Trinajstić information content (AvgIpc) is 2.91. The quantitative estimate of drug-likeness (QED) is 0.166. The highest BCUT2D eigenvalue weighted by molar-refractivity contribution is 4.95. The zero-order valence-electron chi connectivity index (χ0n) is 17.5. The second kappa shape index (κ2) is 11.4. The van der Waals surface area contributed by atoms with Crippen LogP contribution in [0.15, 0.2) is 0 Å². The molecular formula is C18H33NO14. The number of hydrogen-bond acceptors (Lipinski definition) is 15. The third-order valence-electron chi connectivity index (χ3n) is 6.07. The minimum absolute atomic E-state index is 0.0247. The third kappa shape index (κ3) is 5.64. The van der Waals surface area contributed by atoms with Crippen molar-refractivity contribution in [1.29, 1.82) is 0 Å². The molecule has 0 saturated carbocycles. The van der Waals surface area contributed by atoms with Crippen molar-refractivity contribution in [2.24, 2.45) is 0 Å². The SMILES string of the molecule is OCC1OC(OC2C(CO)OC(OC3C(O)CNCC(O)C3O)C(O)C2O)C(O)C(O)C1O. The molecule has 14 atom stereocenters. The Labute approximate surface area is 188 Å². The molecule has 0 aromatic rings. The molecular weight excluding hydrogens is 454 g/mol. The van der Waals surface area contributed by atoms with E-state index in [9.17, 15) is 51.1 Å².